The van der Waals surface area contributed by atoms with Gasteiger partial charge in [0.05, 0.1) is 12.2 Å². The second-order valence-corrected chi connectivity index (χ2v) is 3.45. The molecule has 0 radical (unpaired) electrons. The summed E-state index contributed by atoms with van der Waals surface area (Å²) < 4.78 is 4.77. The molecule has 4 nitrogen and oxygen atoms in total. The van der Waals surface area contributed by atoms with Gasteiger partial charge in [0, 0.05) is 20.1 Å². The van der Waals surface area contributed by atoms with Crippen molar-refractivity contribution in [2.24, 2.45) is 0 Å². The van der Waals surface area contributed by atoms with Gasteiger partial charge in [0.25, 0.3) is 0 Å². The van der Waals surface area contributed by atoms with Gasteiger partial charge in [-0.25, -0.2) is 0 Å². The molecule has 0 rings (SSSR count). The van der Waals surface area contributed by atoms with E-state index in [0.717, 1.165) is 0 Å². The number of carbonyl (C=O) groups excluding carboxylic acids is 1. The van der Waals surface area contributed by atoms with Crippen LogP contribution in [0, 0.1) is 0 Å². The second-order valence-electron chi connectivity index (χ2n) is 3.45. The van der Waals surface area contributed by atoms with Crippen LogP contribution in [0.15, 0.2) is 0 Å². The van der Waals surface area contributed by atoms with E-state index in [2.05, 4.69) is 5.32 Å². The lowest BCUT2D eigenvalue weighted by Crippen LogP contribution is -2.42. The number of ether oxygens (including phenoxy) is 1. The summed E-state index contributed by atoms with van der Waals surface area (Å²) in [6.07, 6.45) is 1.64. The van der Waals surface area contributed by atoms with Crippen LogP contribution < -0.4 is 5.32 Å². The fraction of sp³-hybridized carbons (Fsp3) is 0.900. The molecule has 0 saturated carbocycles. The highest BCUT2D eigenvalue weighted by molar-refractivity contribution is 5.76. The van der Waals surface area contributed by atoms with E-state index in [9.17, 15) is 9.90 Å². The van der Waals surface area contributed by atoms with Crippen LogP contribution in [-0.4, -0.2) is 36.9 Å². The summed E-state index contributed by atoms with van der Waals surface area (Å²) in [4.78, 5) is 11.2. The minimum Gasteiger partial charge on any atom is -0.388 e. The van der Waals surface area contributed by atoms with E-state index >= 15 is 0 Å². The topological polar surface area (TPSA) is 58.6 Å². The van der Waals surface area contributed by atoms with Crippen molar-refractivity contribution in [1.82, 2.24) is 5.32 Å². The molecule has 0 aliphatic carbocycles. The average molecular weight is 203 g/mol. The SMILES string of the molecule is CCC(O)(CC)CNC(=O)CCOC. The van der Waals surface area contributed by atoms with Gasteiger partial charge in [0.1, 0.15) is 0 Å². The Kier molecular flexibility index (Phi) is 6.49. The average Bonchev–Trinajstić information content (AvgIpc) is 2.23. The Morgan fingerprint density at radius 3 is 2.43 bits per heavy atom. The first-order chi connectivity index (χ1) is 6.58. The van der Waals surface area contributed by atoms with Gasteiger partial charge in [-0.05, 0) is 12.8 Å². The van der Waals surface area contributed by atoms with Gasteiger partial charge in [-0.3, -0.25) is 4.79 Å². The Hall–Kier alpha value is -0.610. The highest BCUT2D eigenvalue weighted by Gasteiger charge is 2.22. The maximum atomic E-state index is 11.2. The van der Waals surface area contributed by atoms with Gasteiger partial charge in [-0.2, -0.15) is 0 Å². The van der Waals surface area contributed by atoms with Crippen LogP contribution in [0.25, 0.3) is 0 Å². The monoisotopic (exact) mass is 203 g/mol. The molecule has 0 unspecified atom stereocenters. The molecule has 0 spiro atoms. The van der Waals surface area contributed by atoms with Crippen molar-refractivity contribution in [3.8, 4) is 0 Å². The summed E-state index contributed by atoms with van der Waals surface area (Å²) in [7, 11) is 1.56. The third kappa shape index (κ3) is 5.19. The first-order valence-electron chi connectivity index (χ1n) is 5.06. The summed E-state index contributed by atoms with van der Waals surface area (Å²) >= 11 is 0. The Morgan fingerprint density at radius 1 is 1.43 bits per heavy atom. The molecule has 14 heavy (non-hydrogen) atoms. The predicted molar refractivity (Wildman–Crippen MR) is 55.0 cm³/mol. The van der Waals surface area contributed by atoms with Crippen molar-refractivity contribution < 1.29 is 14.6 Å². The fourth-order valence-corrected chi connectivity index (χ4v) is 1.05. The minimum absolute atomic E-state index is 0.0767. The van der Waals surface area contributed by atoms with Gasteiger partial charge < -0.3 is 15.2 Å². The molecule has 0 aromatic heterocycles. The highest BCUT2D eigenvalue weighted by atomic mass is 16.5. The second kappa shape index (κ2) is 6.79. The Bertz CT molecular complexity index is 167. The standard InChI is InChI=1S/C10H21NO3/c1-4-10(13,5-2)8-11-9(12)6-7-14-3/h13H,4-8H2,1-3H3,(H,11,12). The van der Waals surface area contributed by atoms with E-state index < -0.39 is 5.60 Å². The number of carbonyl (C=O) groups is 1. The molecule has 0 aromatic rings. The molecule has 0 bridgehead atoms. The maximum Gasteiger partial charge on any atom is 0.222 e. The van der Waals surface area contributed by atoms with Crippen molar-refractivity contribution in [3.05, 3.63) is 0 Å². The zero-order valence-corrected chi connectivity index (χ0v) is 9.30. The van der Waals surface area contributed by atoms with Crippen LogP contribution in [0.4, 0.5) is 0 Å². The van der Waals surface area contributed by atoms with Crippen LogP contribution in [0.5, 0.6) is 0 Å². The molecular weight excluding hydrogens is 182 g/mol. The summed E-state index contributed by atoms with van der Waals surface area (Å²) in [5.74, 6) is -0.0767. The number of aliphatic hydroxyl groups is 1. The fourth-order valence-electron chi connectivity index (χ4n) is 1.05. The third-order valence-corrected chi connectivity index (χ3v) is 2.46. The number of rotatable bonds is 7. The van der Waals surface area contributed by atoms with Gasteiger partial charge in [-0.1, -0.05) is 13.8 Å². The van der Waals surface area contributed by atoms with Crippen molar-refractivity contribution in [1.29, 1.82) is 0 Å². The first kappa shape index (κ1) is 13.4. The maximum absolute atomic E-state index is 11.2. The van der Waals surface area contributed by atoms with E-state index in [1.54, 1.807) is 7.11 Å². The first-order valence-corrected chi connectivity index (χ1v) is 5.06. The number of amides is 1. The molecule has 0 aromatic carbocycles. The van der Waals surface area contributed by atoms with Crippen LogP contribution in [0.2, 0.25) is 0 Å². The van der Waals surface area contributed by atoms with Gasteiger partial charge in [0.2, 0.25) is 5.91 Å². The molecular formula is C10H21NO3. The number of hydrogen-bond acceptors (Lipinski definition) is 3. The lowest BCUT2D eigenvalue weighted by atomic mass is 9.97. The van der Waals surface area contributed by atoms with Crippen molar-refractivity contribution in [3.63, 3.8) is 0 Å². The lowest BCUT2D eigenvalue weighted by Gasteiger charge is -2.25. The van der Waals surface area contributed by atoms with Crippen molar-refractivity contribution in [2.45, 2.75) is 38.7 Å². The van der Waals surface area contributed by atoms with E-state index in [0.29, 0.717) is 32.4 Å². The van der Waals surface area contributed by atoms with Crippen LogP contribution in [0.1, 0.15) is 33.1 Å². The summed E-state index contributed by atoms with van der Waals surface area (Å²) in [6.45, 7) is 4.56. The Labute approximate surface area is 85.6 Å². The number of hydrogen-bond donors (Lipinski definition) is 2. The molecule has 0 aliphatic rings. The quantitative estimate of drug-likeness (QED) is 0.640. The normalized spacial score (nSPS) is 11.4. The minimum atomic E-state index is -0.761. The van der Waals surface area contributed by atoms with Gasteiger partial charge in [0.15, 0.2) is 0 Å². The summed E-state index contributed by atoms with van der Waals surface area (Å²) in [5, 5.41) is 12.5. The lowest BCUT2D eigenvalue weighted by molar-refractivity contribution is -0.123. The number of methoxy groups -OCH3 is 1. The number of nitrogens with one attached hydrogen (secondary N) is 1. The van der Waals surface area contributed by atoms with E-state index in [1.807, 2.05) is 13.8 Å². The van der Waals surface area contributed by atoms with E-state index in [-0.39, 0.29) is 5.91 Å². The zero-order valence-electron chi connectivity index (χ0n) is 9.30. The van der Waals surface area contributed by atoms with Gasteiger partial charge >= 0.3 is 0 Å². The molecule has 1 amide bonds. The zero-order chi connectivity index (χ0) is 11.0. The molecule has 0 atom stereocenters. The highest BCUT2D eigenvalue weighted by Crippen LogP contribution is 2.12. The molecule has 0 saturated heterocycles. The van der Waals surface area contributed by atoms with Crippen molar-refractivity contribution in [2.75, 3.05) is 20.3 Å². The molecule has 0 heterocycles. The smallest absolute Gasteiger partial charge is 0.222 e. The van der Waals surface area contributed by atoms with Gasteiger partial charge in [-0.15, -0.1) is 0 Å². The van der Waals surface area contributed by atoms with Crippen LogP contribution in [-0.2, 0) is 9.53 Å². The summed E-state index contributed by atoms with van der Waals surface area (Å²) in [5.41, 5.74) is -0.761. The molecule has 4 heteroatoms. The van der Waals surface area contributed by atoms with E-state index in [4.69, 9.17) is 4.74 Å². The molecule has 0 fully saturated rings. The van der Waals surface area contributed by atoms with Crippen LogP contribution in [0.3, 0.4) is 0 Å². The van der Waals surface area contributed by atoms with E-state index in [1.165, 1.54) is 0 Å². The predicted octanol–water partition coefficient (Wildman–Crippen LogP) is 0.690. The Balaban J connectivity index is 3.74. The van der Waals surface area contributed by atoms with Crippen molar-refractivity contribution >= 4 is 5.91 Å². The largest absolute Gasteiger partial charge is 0.388 e. The van der Waals surface area contributed by atoms with Crippen LogP contribution >= 0.6 is 0 Å². The Morgan fingerprint density at radius 2 is 2.00 bits per heavy atom. The summed E-state index contributed by atoms with van der Waals surface area (Å²) in [6, 6.07) is 0. The molecule has 84 valence electrons. The third-order valence-electron chi connectivity index (χ3n) is 2.46. The molecule has 0 aliphatic heterocycles. The molecule has 2 N–H and O–H groups in total.